The molecular weight excluding hydrogens is 250 g/mol. The van der Waals surface area contributed by atoms with Gasteiger partial charge < -0.3 is 10.1 Å². The van der Waals surface area contributed by atoms with Crippen molar-refractivity contribution in [2.75, 3.05) is 11.9 Å². The van der Waals surface area contributed by atoms with Crippen molar-refractivity contribution >= 4 is 5.82 Å². The van der Waals surface area contributed by atoms with E-state index in [-0.39, 0.29) is 6.10 Å². The van der Waals surface area contributed by atoms with Gasteiger partial charge in [0.25, 0.3) is 0 Å². The van der Waals surface area contributed by atoms with Crippen LogP contribution in [0.15, 0.2) is 0 Å². The van der Waals surface area contributed by atoms with Crippen LogP contribution in [0.2, 0.25) is 0 Å². The first-order valence-corrected chi connectivity index (χ1v) is 7.82. The quantitative estimate of drug-likeness (QED) is 0.821. The summed E-state index contributed by atoms with van der Waals surface area (Å²) in [4.78, 5) is 9.33. The summed E-state index contributed by atoms with van der Waals surface area (Å²) in [7, 11) is 0. The average molecular weight is 277 g/mol. The van der Waals surface area contributed by atoms with Crippen LogP contribution in [-0.2, 0) is 0 Å². The van der Waals surface area contributed by atoms with E-state index in [9.17, 15) is 0 Å². The topological polar surface area (TPSA) is 47.0 Å². The molecule has 20 heavy (non-hydrogen) atoms. The Balaban J connectivity index is 2.25. The molecule has 1 aromatic rings. The van der Waals surface area contributed by atoms with Crippen LogP contribution in [0.3, 0.4) is 0 Å². The predicted molar refractivity (Wildman–Crippen MR) is 82.5 cm³/mol. The van der Waals surface area contributed by atoms with E-state index in [1.165, 1.54) is 12.8 Å². The van der Waals surface area contributed by atoms with Crippen molar-refractivity contribution < 1.29 is 4.74 Å². The number of anilines is 1. The highest BCUT2D eigenvalue weighted by molar-refractivity contribution is 5.49. The molecule has 1 aliphatic carbocycles. The highest BCUT2D eigenvalue weighted by Crippen LogP contribution is 2.40. The molecule has 0 aromatic carbocycles. The minimum atomic E-state index is 0.162. The van der Waals surface area contributed by atoms with Crippen molar-refractivity contribution in [2.45, 2.75) is 65.9 Å². The zero-order valence-electron chi connectivity index (χ0n) is 13.4. The minimum absolute atomic E-state index is 0.162. The molecule has 112 valence electrons. The van der Waals surface area contributed by atoms with E-state index in [0.717, 1.165) is 36.1 Å². The van der Waals surface area contributed by atoms with Gasteiger partial charge in [-0.25, -0.2) is 4.98 Å². The molecule has 1 saturated carbocycles. The molecule has 1 aromatic heterocycles. The second-order valence-electron chi connectivity index (χ2n) is 6.13. The minimum Gasteiger partial charge on any atom is -0.474 e. The van der Waals surface area contributed by atoms with Crippen LogP contribution in [0.5, 0.6) is 5.88 Å². The van der Waals surface area contributed by atoms with E-state index in [4.69, 9.17) is 4.74 Å². The molecule has 4 heteroatoms. The molecular formula is C16H27N3O. The molecule has 2 rings (SSSR count). The van der Waals surface area contributed by atoms with Gasteiger partial charge in [-0.15, -0.1) is 0 Å². The third-order valence-corrected chi connectivity index (χ3v) is 3.84. The second-order valence-corrected chi connectivity index (χ2v) is 6.13. The van der Waals surface area contributed by atoms with Crippen molar-refractivity contribution in [2.24, 2.45) is 5.92 Å². The van der Waals surface area contributed by atoms with Crippen molar-refractivity contribution in [3.8, 4) is 5.88 Å². The summed E-state index contributed by atoms with van der Waals surface area (Å²) in [5, 5.41) is 3.40. The number of hydrogen-bond donors (Lipinski definition) is 1. The van der Waals surface area contributed by atoms with E-state index < -0.39 is 0 Å². The summed E-state index contributed by atoms with van der Waals surface area (Å²) < 4.78 is 6.05. The fourth-order valence-electron chi connectivity index (χ4n) is 1.88. The fraction of sp³-hybridized carbons (Fsp3) is 0.750. The number of aromatic nitrogens is 2. The molecule has 1 heterocycles. The van der Waals surface area contributed by atoms with Gasteiger partial charge in [-0.2, -0.15) is 4.98 Å². The van der Waals surface area contributed by atoms with Crippen molar-refractivity contribution in [1.82, 2.24) is 9.97 Å². The molecule has 0 amide bonds. The van der Waals surface area contributed by atoms with Crippen molar-refractivity contribution in [1.29, 1.82) is 0 Å². The van der Waals surface area contributed by atoms with E-state index in [1.54, 1.807) is 0 Å². The first-order chi connectivity index (χ1) is 9.52. The van der Waals surface area contributed by atoms with Gasteiger partial charge >= 0.3 is 0 Å². The number of rotatable bonds is 7. The Labute approximate surface area is 122 Å². The normalized spacial score (nSPS) is 16.3. The molecule has 0 radical (unpaired) electrons. The Hall–Kier alpha value is -1.32. The maximum atomic E-state index is 6.05. The maximum Gasteiger partial charge on any atom is 0.222 e. The van der Waals surface area contributed by atoms with E-state index in [0.29, 0.717) is 11.8 Å². The zero-order valence-corrected chi connectivity index (χ0v) is 13.4. The third kappa shape index (κ3) is 3.62. The smallest absolute Gasteiger partial charge is 0.222 e. The molecule has 1 unspecified atom stereocenters. The number of nitrogens with one attached hydrogen (secondary N) is 1. The highest BCUT2D eigenvalue weighted by atomic mass is 16.5. The average Bonchev–Trinajstić information content (AvgIpc) is 3.23. The monoisotopic (exact) mass is 277 g/mol. The lowest BCUT2D eigenvalue weighted by molar-refractivity contribution is 0.161. The van der Waals surface area contributed by atoms with Gasteiger partial charge in [0.05, 0.1) is 11.7 Å². The van der Waals surface area contributed by atoms with Gasteiger partial charge in [0.1, 0.15) is 11.6 Å². The molecule has 0 bridgehead atoms. The van der Waals surface area contributed by atoms with Crippen LogP contribution in [-0.4, -0.2) is 22.6 Å². The summed E-state index contributed by atoms with van der Waals surface area (Å²) in [5.41, 5.74) is 1.02. The lowest BCUT2D eigenvalue weighted by Crippen LogP contribution is -2.21. The number of ether oxygens (including phenoxy) is 1. The van der Waals surface area contributed by atoms with Crippen LogP contribution in [0.1, 0.15) is 64.3 Å². The molecule has 1 fully saturated rings. The zero-order chi connectivity index (χ0) is 14.7. The van der Waals surface area contributed by atoms with Crippen LogP contribution < -0.4 is 10.1 Å². The molecule has 4 nitrogen and oxygen atoms in total. The lowest BCUT2D eigenvalue weighted by atomic mass is 10.1. The summed E-state index contributed by atoms with van der Waals surface area (Å²) >= 11 is 0. The number of hydrogen-bond acceptors (Lipinski definition) is 4. The molecule has 1 atom stereocenters. The standard InChI is InChI=1S/C16H27N3O/c1-6-9-17-14-11(4)16(20-12(5)10(2)3)19-15(18-14)13-7-8-13/h10,12-13H,6-9H2,1-5H3,(H,17,18,19). The Kier molecular flexibility index (Phi) is 4.84. The van der Waals surface area contributed by atoms with Gasteiger partial charge in [-0.3, -0.25) is 0 Å². The molecule has 0 spiro atoms. The van der Waals surface area contributed by atoms with Crippen molar-refractivity contribution in [3.63, 3.8) is 0 Å². The Morgan fingerprint density at radius 1 is 1.25 bits per heavy atom. The summed E-state index contributed by atoms with van der Waals surface area (Å²) in [6.45, 7) is 11.6. The highest BCUT2D eigenvalue weighted by Gasteiger charge is 2.29. The first kappa shape index (κ1) is 15.1. The van der Waals surface area contributed by atoms with Gasteiger partial charge in [0.2, 0.25) is 5.88 Å². The van der Waals surface area contributed by atoms with Crippen molar-refractivity contribution in [3.05, 3.63) is 11.4 Å². The molecule has 0 saturated heterocycles. The largest absolute Gasteiger partial charge is 0.474 e. The molecule has 0 aliphatic heterocycles. The molecule has 1 aliphatic rings. The first-order valence-electron chi connectivity index (χ1n) is 7.82. The van der Waals surface area contributed by atoms with E-state index >= 15 is 0 Å². The van der Waals surface area contributed by atoms with Crippen LogP contribution in [0.25, 0.3) is 0 Å². The van der Waals surface area contributed by atoms with Crippen LogP contribution >= 0.6 is 0 Å². The second kappa shape index (κ2) is 6.42. The maximum absolute atomic E-state index is 6.05. The predicted octanol–water partition coefficient (Wildman–Crippen LogP) is 3.91. The van der Waals surface area contributed by atoms with Crippen LogP contribution in [0, 0.1) is 12.8 Å². The fourth-order valence-corrected chi connectivity index (χ4v) is 1.88. The SMILES string of the molecule is CCCNc1nc(C2CC2)nc(OC(C)C(C)C)c1C. The van der Waals surface area contributed by atoms with Gasteiger partial charge in [0, 0.05) is 12.5 Å². The lowest BCUT2D eigenvalue weighted by Gasteiger charge is -2.20. The van der Waals surface area contributed by atoms with Gasteiger partial charge in [0.15, 0.2) is 0 Å². The van der Waals surface area contributed by atoms with Gasteiger partial charge in [-0.1, -0.05) is 20.8 Å². The Bertz CT molecular complexity index is 455. The summed E-state index contributed by atoms with van der Waals surface area (Å²) in [6.07, 6.45) is 3.65. The summed E-state index contributed by atoms with van der Waals surface area (Å²) in [6, 6.07) is 0. The number of nitrogens with zero attached hydrogens (tertiary/aromatic N) is 2. The summed E-state index contributed by atoms with van der Waals surface area (Å²) in [5.74, 6) is 3.65. The Morgan fingerprint density at radius 3 is 2.50 bits per heavy atom. The van der Waals surface area contributed by atoms with E-state index in [1.807, 2.05) is 6.92 Å². The van der Waals surface area contributed by atoms with E-state index in [2.05, 4.69) is 43.0 Å². The Morgan fingerprint density at radius 2 is 1.95 bits per heavy atom. The third-order valence-electron chi connectivity index (χ3n) is 3.84. The molecule has 1 N–H and O–H groups in total. The van der Waals surface area contributed by atoms with Gasteiger partial charge in [-0.05, 0) is 39.0 Å². The van der Waals surface area contributed by atoms with Crippen LogP contribution in [0.4, 0.5) is 5.82 Å².